The van der Waals surface area contributed by atoms with Gasteiger partial charge in [0.1, 0.15) is 17.5 Å². The van der Waals surface area contributed by atoms with Crippen molar-refractivity contribution >= 4 is 35.0 Å². The average molecular weight is 592 g/mol. The molecule has 0 radical (unpaired) electrons. The lowest BCUT2D eigenvalue weighted by molar-refractivity contribution is -0.139. The summed E-state index contributed by atoms with van der Waals surface area (Å²) in [6.45, 7) is 7.69. The Morgan fingerprint density at radius 1 is 1.10 bits per heavy atom. The number of esters is 1. The van der Waals surface area contributed by atoms with Gasteiger partial charge in [-0.1, -0.05) is 29.0 Å². The quantitative estimate of drug-likeness (QED) is 0.286. The van der Waals surface area contributed by atoms with Crippen LogP contribution in [0.3, 0.4) is 0 Å². The number of ether oxygens (including phenoxy) is 3. The number of carbonyl (C=O) groups is 1. The molecule has 1 aliphatic rings. The zero-order valence-electron chi connectivity index (χ0n) is 23.6. The van der Waals surface area contributed by atoms with Crippen LogP contribution in [-0.2, 0) is 9.53 Å². The van der Waals surface area contributed by atoms with Gasteiger partial charge in [0.05, 0.1) is 36.6 Å². The molecule has 8 nitrogen and oxygen atoms in total. The first kappa shape index (κ1) is 28.4. The van der Waals surface area contributed by atoms with Crippen molar-refractivity contribution in [2.45, 2.75) is 33.7 Å². The summed E-state index contributed by atoms with van der Waals surface area (Å²) < 4.78 is 20.7. The van der Waals surface area contributed by atoms with Gasteiger partial charge in [0.25, 0.3) is 5.56 Å². The van der Waals surface area contributed by atoms with Crippen LogP contribution in [0.2, 0.25) is 5.02 Å². The Balaban J connectivity index is 1.74. The highest BCUT2D eigenvalue weighted by Crippen LogP contribution is 2.38. The topological polar surface area (TPSA) is 84.1 Å². The number of halogens is 1. The number of fused-ring (bicyclic) bond motifs is 1. The summed E-state index contributed by atoms with van der Waals surface area (Å²) in [4.78, 5) is 32.5. The number of carbonyl (C=O) groups excluding carboxylic acids is 1. The van der Waals surface area contributed by atoms with Crippen LogP contribution in [0, 0.1) is 13.8 Å². The first-order valence-corrected chi connectivity index (χ1v) is 14.2. The maximum Gasteiger partial charge on any atom is 0.338 e. The van der Waals surface area contributed by atoms with Gasteiger partial charge in [-0.15, -0.1) is 0 Å². The molecule has 212 valence electrons. The van der Waals surface area contributed by atoms with Gasteiger partial charge in [-0.05, 0) is 81.8 Å². The highest BCUT2D eigenvalue weighted by Gasteiger charge is 2.35. The Bertz CT molecular complexity index is 1880. The minimum Gasteiger partial charge on any atom is -0.497 e. The lowest BCUT2D eigenvalue weighted by Gasteiger charge is -2.26. The van der Waals surface area contributed by atoms with Crippen LogP contribution in [0.4, 0.5) is 0 Å². The van der Waals surface area contributed by atoms with Crippen molar-refractivity contribution in [1.29, 1.82) is 0 Å². The molecule has 0 unspecified atom stereocenters. The first-order chi connectivity index (χ1) is 19.7. The number of nitrogens with zero attached hydrogens (tertiary/aromatic N) is 3. The number of allylic oxidation sites excluding steroid dienone is 1. The van der Waals surface area contributed by atoms with Gasteiger partial charge in [0.15, 0.2) is 4.80 Å². The van der Waals surface area contributed by atoms with Gasteiger partial charge in [0, 0.05) is 27.7 Å². The molecule has 0 bridgehead atoms. The molecule has 5 rings (SSSR count). The Hall–Kier alpha value is -4.08. The van der Waals surface area contributed by atoms with E-state index < -0.39 is 12.0 Å². The summed E-state index contributed by atoms with van der Waals surface area (Å²) >= 11 is 7.53. The van der Waals surface area contributed by atoms with Crippen LogP contribution in [0.1, 0.15) is 42.4 Å². The fourth-order valence-corrected chi connectivity index (χ4v) is 6.45. The Morgan fingerprint density at radius 3 is 2.56 bits per heavy atom. The molecule has 41 heavy (non-hydrogen) atoms. The Kier molecular flexibility index (Phi) is 7.93. The third-order valence-corrected chi connectivity index (χ3v) is 8.29. The third-order valence-electron chi connectivity index (χ3n) is 7.07. The van der Waals surface area contributed by atoms with Crippen LogP contribution in [0.15, 0.2) is 69.6 Å². The second kappa shape index (κ2) is 11.4. The summed E-state index contributed by atoms with van der Waals surface area (Å²) in [5.41, 5.74) is 4.87. The van der Waals surface area contributed by atoms with Gasteiger partial charge in [0.2, 0.25) is 0 Å². The number of benzene rings is 2. The summed E-state index contributed by atoms with van der Waals surface area (Å²) in [5.74, 6) is 0.532. The van der Waals surface area contributed by atoms with Gasteiger partial charge in [-0.2, -0.15) is 0 Å². The fraction of sp³-hybridized carbons (Fsp3) is 0.258. The summed E-state index contributed by atoms with van der Waals surface area (Å²) in [6.07, 6.45) is 1.87. The predicted octanol–water partition coefficient (Wildman–Crippen LogP) is 4.88. The van der Waals surface area contributed by atoms with Crippen molar-refractivity contribution in [3.05, 3.63) is 107 Å². The Labute approximate surface area is 246 Å². The Morgan fingerprint density at radius 2 is 1.88 bits per heavy atom. The number of hydrogen-bond donors (Lipinski definition) is 0. The molecule has 0 amide bonds. The van der Waals surface area contributed by atoms with E-state index in [-0.39, 0.29) is 17.7 Å². The number of aryl methyl sites for hydroxylation is 1. The molecular weight excluding hydrogens is 562 g/mol. The molecule has 1 aliphatic heterocycles. The highest BCUT2D eigenvalue weighted by atomic mass is 35.5. The largest absolute Gasteiger partial charge is 0.497 e. The monoisotopic (exact) mass is 591 g/mol. The molecule has 0 aliphatic carbocycles. The van der Waals surface area contributed by atoms with E-state index in [1.165, 1.54) is 11.3 Å². The van der Waals surface area contributed by atoms with Crippen LogP contribution >= 0.6 is 22.9 Å². The molecule has 0 fully saturated rings. The number of methoxy groups -OCH3 is 2. The highest BCUT2D eigenvalue weighted by molar-refractivity contribution is 7.07. The molecule has 0 saturated heterocycles. The van der Waals surface area contributed by atoms with Crippen molar-refractivity contribution in [3.8, 4) is 17.2 Å². The number of aromatic nitrogens is 2. The van der Waals surface area contributed by atoms with Crippen molar-refractivity contribution in [2.75, 3.05) is 20.8 Å². The van der Waals surface area contributed by atoms with Gasteiger partial charge >= 0.3 is 5.97 Å². The van der Waals surface area contributed by atoms with Crippen molar-refractivity contribution in [1.82, 2.24) is 9.13 Å². The van der Waals surface area contributed by atoms with E-state index in [2.05, 4.69) is 9.56 Å². The number of rotatable bonds is 7. The average Bonchev–Trinajstić information content (AvgIpc) is 3.41. The smallest absolute Gasteiger partial charge is 0.338 e. The van der Waals surface area contributed by atoms with E-state index in [0.717, 1.165) is 22.6 Å². The van der Waals surface area contributed by atoms with E-state index in [1.807, 2.05) is 50.3 Å². The standard InChI is InChI=1S/C31H30ClN3O5S/c1-7-40-30(37)27-18(3)33-31-35(28(27)24-16-23(38-5)11-12-25(24)39-6)29(36)26(41-31)14-20-13-17(2)34(19(20)4)22-10-8-9-21(32)15-22/h8-16,28H,7H2,1-6H3/b26-14+/t28-/m0/s1. The molecule has 0 N–H and O–H groups in total. The van der Waals surface area contributed by atoms with Gasteiger partial charge < -0.3 is 18.8 Å². The van der Waals surface area contributed by atoms with Gasteiger partial charge in [-0.25, -0.2) is 9.79 Å². The maximum absolute atomic E-state index is 14.1. The molecule has 0 saturated carbocycles. The minimum atomic E-state index is -0.823. The number of thiazole rings is 1. The fourth-order valence-electron chi connectivity index (χ4n) is 5.23. The maximum atomic E-state index is 14.1. The molecular formula is C31H30ClN3O5S. The summed E-state index contributed by atoms with van der Waals surface area (Å²) in [5, 5.41) is 0.644. The predicted molar refractivity (Wildman–Crippen MR) is 160 cm³/mol. The zero-order valence-corrected chi connectivity index (χ0v) is 25.2. The molecule has 1 atom stereocenters. The van der Waals surface area contributed by atoms with Crippen molar-refractivity contribution in [2.24, 2.45) is 4.99 Å². The molecule has 3 heterocycles. The van der Waals surface area contributed by atoms with Crippen molar-refractivity contribution < 1.29 is 19.0 Å². The van der Waals surface area contributed by atoms with Crippen LogP contribution < -0.4 is 24.4 Å². The van der Waals surface area contributed by atoms with E-state index in [4.69, 9.17) is 25.8 Å². The third kappa shape index (κ3) is 5.11. The van der Waals surface area contributed by atoms with Crippen LogP contribution in [-0.4, -0.2) is 35.9 Å². The van der Waals surface area contributed by atoms with Crippen LogP contribution in [0.25, 0.3) is 11.8 Å². The summed E-state index contributed by atoms with van der Waals surface area (Å²) in [6, 6.07) is 14.1. The molecule has 4 aromatic rings. The molecule has 2 aromatic carbocycles. The molecule has 10 heteroatoms. The second-order valence-electron chi connectivity index (χ2n) is 9.55. The summed E-state index contributed by atoms with van der Waals surface area (Å²) in [7, 11) is 3.11. The van der Waals surface area contributed by atoms with Crippen molar-refractivity contribution in [3.63, 3.8) is 0 Å². The minimum absolute atomic E-state index is 0.185. The molecule has 2 aromatic heterocycles. The van der Waals surface area contributed by atoms with E-state index in [0.29, 0.717) is 37.1 Å². The second-order valence-corrected chi connectivity index (χ2v) is 11.0. The molecule has 0 spiro atoms. The van der Waals surface area contributed by atoms with E-state index >= 15 is 0 Å². The van der Waals surface area contributed by atoms with E-state index in [1.54, 1.807) is 50.8 Å². The lowest BCUT2D eigenvalue weighted by atomic mass is 9.94. The van der Waals surface area contributed by atoms with Gasteiger partial charge in [-0.3, -0.25) is 9.36 Å². The SMILES string of the molecule is CCOC(=O)C1=C(C)N=c2s/c(=C/c3cc(C)n(-c4cccc(Cl)c4)c3C)c(=O)n2[C@H]1c1cc(OC)ccc1OC. The first-order valence-electron chi connectivity index (χ1n) is 13.0. The lowest BCUT2D eigenvalue weighted by Crippen LogP contribution is -2.40. The zero-order chi connectivity index (χ0) is 29.4. The number of hydrogen-bond acceptors (Lipinski definition) is 7. The van der Waals surface area contributed by atoms with E-state index in [9.17, 15) is 9.59 Å². The van der Waals surface area contributed by atoms with Crippen LogP contribution in [0.5, 0.6) is 11.5 Å². The normalized spacial score (nSPS) is 15.0.